The van der Waals surface area contributed by atoms with E-state index in [1.54, 1.807) is 43.3 Å². The van der Waals surface area contributed by atoms with Crippen LogP contribution in [0.2, 0.25) is 10.0 Å². The minimum Gasteiger partial charge on any atom is -0.350 e. The Hall–Kier alpha value is -3.07. The molecule has 2 amide bonds. The Morgan fingerprint density at radius 3 is 2.10 bits per heavy atom. The predicted molar refractivity (Wildman–Crippen MR) is 162 cm³/mol. The van der Waals surface area contributed by atoms with Gasteiger partial charge in [-0.3, -0.25) is 13.9 Å². The molecule has 3 rings (SSSR count). The lowest BCUT2D eigenvalue weighted by molar-refractivity contribution is -0.140. The van der Waals surface area contributed by atoms with Crippen LogP contribution in [0.3, 0.4) is 0 Å². The third kappa shape index (κ3) is 8.98. The number of carbonyl (C=O) groups excluding carboxylic acids is 2. The number of nitrogens with one attached hydrogen (secondary N) is 1. The van der Waals surface area contributed by atoms with Gasteiger partial charge in [-0.1, -0.05) is 65.7 Å². The van der Waals surface area contributed by atoms with Gasteiger partial charge >= 0.3 is 0 Å². The molecular weight excluding hydrogens is 569 g/mol. The zero-order valence-electron chi connectivity index (χ0n) is 23.3. The summed E-state index contributed by atoms with van der Waals surface area (Å²) in [4.78, 5) is 29.3. The lowest BCUT2D eigenvalue weighted by Crippen LogP contribution is -2.56. The van der Waals surface area contributed by atoms with E-state index in [1.807, 2.05) is 57.2 Å². The number of halogens is 2. The lowest BCUT2D eigenvalue weighted by atomic mass is 10.0. The molecule has 1 N–H and O–H groups in total. The van der Waals surface area contributed by atoms with Crippen LogP contribution >= 0.6 is 23.2 Å². The van der Waals surface area contributed by atoms with E-state index in [2.05, 4.69) is 5.32 Å². The van der Waals surface area contributed by atoms with E-state index >= 15 is 0 Å². The monoisotopic (exact) mass is 603 g/mol. The van der Waals surface area contributed by atoms with Gasteiger partial charge in [-0.05, 0) is 74.7 Å². The average molecular weight is 605 g/mol. The molecule has 0 bridgehead atoms. The normalized spacial score (nSPS) is 12.5. The molecule has 3 aromatic carbocycles. The second kappa shape index (κ2) is 13.1. The zero-order chi connectivity index (χ0) is 29.7. The standard InChI is InChI=1S/C30H35Cl2N3O4S/c1-21-16-25(32)14-15-26(21)35(40(5,38)39)20-28(36)34(19-23-12-9-13-24(31)17-23)27(29(37)33-30(2,3)4)18-22-10-7-6-8-11-22/h6-17,27H,18-20H2,1-5H3,(H,33,37)/t27-/m1/s1. The van der Waals surface area contributed by atoms with Crippen LogP contribution in [0.5, 0.6) is 0 Å². The summed E-state index contributed by atoms with van der Waals surface area (Å²) in [6.45, 7) is 6.86. The number of anilines is 1. The van der Waals surface area contributed by atoms with E-state index in [0.29, 0.717) is 26.9 Å². The van der Waals surface area contributed by atoms with Gasteiger partial charge in [0.25, 0.3) is 0 Å². The minimum atomic E-state index is -3.87. The molecule has 0 aliphatic rings. The smallest absolute Gasteiger partial charge is 0.244 e. The molecule has 0 aliphatic heterocycles. The molecule has 0 aliphatic carbocycles. The van der Waals surface area contributed by atoms with Crippen LogP contribution in [-0.2, 0) is 32.6 Å². The fourth-order valence-corrected chi connectivity index (χ4v) is 5.68. The number of benzene rings is 3. The summed E-state index contributed by atoms with van der Waals surface area (Å²) in [6.07, 6.45) is 1.28. The Morgan fingerprint density at radius 2 is 1.52 bits per heavy atom. The predicted octanol–water partition coefficient (Wildman–Crippen LogP) is 5.62. The molecule has 1 atom stereocenters. The Morgan fingerprint density at radius 1 is 0.900 bits per heavy atom. The first-order valence-corrected chi connectivity index (χ1v) is 15.4. The number of hydrogen-bond acceptors (Lipinski definition) is 4. The number of nitrogens with zero attached hydrogens (tertiary/aromatic N) is 2. The van der Waals surface area contributed by atoms with Crippen LogP contribution in [-0.4, -0.2) is 49.5 Å². The van der Waals surface area contributed by atoms with Crippen molar-refractivity contribution in [1.29, 1.82) is 0 Å². The van der Waals surface area contributed by atoms with Crippen molar-refractivity contribution in [2.75, 3.05) is 17.1 Å². The van der Waals surface area contributed by atoms with E-state index in [0.717, 1.165) is 16.1 Å². The summed E-state index contributed by atoms with van der Waals surface area (Å²) in [7, 11) is -3.87. The molecule has 0 saturated carbocycles. The molecule has 0 radical (unpaired) electrons. The molecular formula is C30H35Cl2N3O4S. The van der Waals surface area contributed by atoms with Gasteiger partial charge in [0, 0.05) is 28.5 Å². The van der Waals surface area contributed by atoms with Gasteiger partial charge in [0.2, 0.25) is 21.8 Å². The van der Waals surface area contributed by atoms with Crippen LogP contribution in [0.1, 0.15) is 37.5 Å². The maximum Gasteiger partial charge on any atom is 0.244 e. The van der Waals surface area contributed by atoms with Gasteiger partial charge in [0.1, 0.15) is 12.6 Å². The van der Waals surface area contributed by atoms with Gasteiger partial charge < -0.3 is 10.2 Å². The fourth-order valence-electron chi connectivity index (χ4n) is 4.33. The maximum absolute atomic E-state index is 14.1. The van der Waals surface area contributed by atoms with E-state index in [-0.39, 0.29) is 18.9 Å². The largest absolute Gasteiger partial charge is 0.350 e. The molecule has 214 valence electrons. The fraction of sp³-hybridized carbons (Fsp3) is 0.333. The third-order valence-corrected chi connectivity index (χ3v) is 7.71. The summed E-state index contributed by atoms with van der Waals surface area (Å²) < 4.78 is 26.9. The van der Waals surface area contributed by atoms with Crippen LogP contribution in [0.15, 0.2) is 72.8 Å². The molecule has 7 nitrogen and oxygen atoms in total. The number of aryl methyl sites for hydroxylation is 1. The third-order valence-electron chi connectivity index (χ3n) is 6.12. The highest BCUT2D eigenvalue weighted by Crippen LogP contribution is 2.26. The Balaban J connectivity index is 2.09. The first kappa shape index (κ1) is 31.5. The summed E-state index contributed by atoms with van der Waals surface area (Å²) in [5.74, 6) is -0.884. The molecule has 0 fully saturated rings. The topological polar surface area (TPSA) is 86.8 Å². The maximum atomic E-state index is 14.1. The number of rotatable bonds is 10. The highest BCUT2D eigenvalue weighted by Gasteiger charge is 2.34. The molecule has 40 heavy (non-hydrogen) atoms. The van der Waals surface area contributed by atoms with Crippen molar-refractivity contribution < 1.29 is 18.0 Å². The Kier molecular flexibility index (Phi) is 10.3. The molecule has 10 heteroatoms. The summed E-state index contributed by atoms with van der Waals surface area (Å²) in [6, 6.07) is 20.3. The van der Waals surface area contributed by atoms with Crippen molar-refractivity contribution in [3.8, 4) is 0 Å². The number of carbonyl (C=O) groups is 2. The van der Waals surface area contributed by atoms with E-state index in [1.165, 1.54) is 4.90 Å². The number of sulfonamides is 1. The van der Waals surface area contributed by atoms with Gasteiger partial charge in [0.05, 0.1) is 11.9 Å². The minimum absolute atomic E-state index is 0.0473. The second-order valence-electron chi connectivity index (χ2n) is 10.8. The zero-order valence-corrected chi connectivity index (χ0v) is 25.6. The van der Waals surface area contributed by atoms with Crippen LogP contribution in [0.25, 0.3) is 0 Å². The SMILES string of the molecule is Cc1cc(Cl)ccc1N(CC(=O)N(Cc1cccc(Cl)c1)[C@H](Cc1ccccc1)C(=O)NC(C)(C)C)S(C)(=O)=O. The van der Waals surface area contributed by atoms with Gasteiger partial charge in [-0.2, -0.15) is 0 Å². The van der Waals surface area contributed by atoms with E-state index in [4.69, 9.17) is 23.2 Å². The van der Waals surface area contributed by atoms with Crippen molar-refractivity contribution in [2.24, 2.45) is 0 Å². The molecule has 0 heterocycles. The van der Waals surface area contributed by atoms with Crippen molar-refractivity contribution in [1.82, 2.24) is 10.2 Å². The number of hydrogen-bond donors (Lipinski definition) is 1. The van der Waals surface area contributed by atoms with Gasteiger partial charge in [-0.15, -0.1) is 0 Å². The summed E-state index contributed by atoms with van der Waals surface area (Å²) in [5, 5.41) is 3.93. The summed E-state index contributed by atoms with van der Waals surface area (Å²) >= 11 is 12.3. The van der Waals surface area contributed by atoms with E-state index in [9.17, 15) is 18.0 Å². The van der Waals surface area contributed by atoms with Crippen molar-refractivity contribution in [3.05, 3.63) is 99.5 Å². The number of amides is 2. The van der Waals surface area contributed by atoms with Crippen LogP contribution in [0.4, 0.5) is 5.69 Å². The first-order chi connectivity index (χ1) is 18.6. The molecule has 3 aromatic rings. The molecule has 0 aromatic heterocycles. The average Bonchev–Trinajstić information content (AvgIpc) is 2.84. The summed E-state index contributed by atoms with van der Waals surface area (Å²) in [5.41, 5.74) is 1.93. The quantitative estimate of drug-likeness (QED) is 0.326. The highest BCUT2D eigenvalue weighted by molar-refractivity contribution is 7.92. The second-order valence-corrected chi connectivity index (χ2v) is 13.6. The Labute approximate surface area is 247 Å². The highest BCUT2D eigenvalue weighted by atomic mass is 35.5. The van der Waals surface area contributed by atoms with Crippen LogP contribution < -0.4 is 9.62 Å². The van der Waals surface area contributed by atoms with Crippen molar-refractivity contribution >= 4 is 50.7 Å². The van der Waals surface area contributed by atoms with Gasteiger partial charge in [-0.25, -0.2) is 8.42 Å². The molecule has 0 unspecified atom stereocenters. The van der Waals surface area contributed by atoms with Crippen LogP contribution in [0, 0.1) is 6.92 Å². The van der Waals surface area contributed by atoms with Gasteiger partial charge in [0.15, 0.2) is 0 Å². The van der Waals surface area contributed by atoms with Crippen molar-refractivity contribution in [3.63, 3.8) is 0 Å². The van der Waals surface area contributed by atoms with Crippen molar-refractivity contribution in [2.45, 2.75) is 52.2 Å². The molecule has 0 saturated heterocycles. The Bertz CT molecular complexity index is 1460. The lowest BCUT2D eigenvalue weighted by Gasteiger charge is -2.35. The molecule has 0 spiro atoms. The van der Waals surface area contributed by atoms with E-state index < -0.39 is 34.1 Å². The first-order valence-electron chi connectivity index (χ1n) is 12.8.